The zero-order valence-electron chi connectivity index (χ0n) is 12.0. The van der Waals surface area contributed by atoms with Crippen molar-refractivity contribution in [2.24, 2.45) is 0 Å². The van der Waals surface area contributed by atoms with Gasteiger partial charge in [-0.3, -0.25) is 4.79 Å². The van der Waals surface area contributed by atoms with Crippen molar-refractivity contribution in [3.63, 3.8) is 0 Å². The van der Waals surface area contributed by atoms with E-state index in [0.717, 1.165) is 13.0 Å². The summed E-state index contributed by atoms with van der Waals surface area (Å²) in [6.07, 6.45) is 0.926. The van der Waals surface area contributed by atoms with Crippen molar-refractivity contribution in [2.75, 3.05) is 0 Å². The number of carbonyl (C=O) groups is 1. The number of nitrogens with one attached hydrogen (secondary N) is 2. The van der Waals surface area contributed by atoms with Gasteiger partial charge in [-0.15, -0.1) is 11.3 Å². The Morgan fingerprint density at radius 1 is 1.44 bits per heavy atom. The summed E-state index contributed by atoms with van der Waals surface area (Å²) < 4.78 is 0. The molecule has 0 radical (unpaired) electrons. The monoisotopic (exact) mass is 268 g/mol. The molecular weight excluding hydrogens is 244 g/mol. The summed E-state index contributed by atoms with van der Waals surface area (Å²) in [6.45, 7) is 10.9. The van der Waals surface area contributed by atoms with Crippen molar-refractivity contribution in [3.8, 4) is 0 Å². The van der Waals surface area contributed by atoms with Gasteiger partial charge in [-0.1, -0.05) is 6.92 Å². The molecule has 1 amide bonds. The predicted octanol–water partition coefficient (Wildman–Crippen LogP) is 2.84. The molecule has 3 nitrogen and oxygen atoms in total. The second kappa shape index (κ2) is 6.34. The van der Waals surface area contributed by atoms with Crippen molar-refractivity contribution >= 4 is 17.2 Å². The van der Waals surface area contributed by atoms with Gasteiger partial charge >= 0.3 is 0 Å². The largest absolute Gasteiger partial charge is 0.350 e. The molecule has 1 aromatic heterocycles. The minimum atomic E-state index is -0.168. The molecule has 102 valence electrons. The third-order valence-electron chi connectivity index (χ3n) is 3.12. The minimum Gasteiger partial charge on any atom is -0.350 e. The predicted molar refractivity (Wildman–Crippen MR) is 77.9 cm³/mol. The Hall–Kier alpha value is -0.870. The van der Waals surface area contributed by atoms with Gasteiger partial charge in [0, 0.05) is 21.8 Å². The lowest BCUT2D eigenvalue weighted by Gasteiger charge is -2.26. The molecule has 0 fully saturated rings. The highest BCUT2D eigenvalue weighted by Gasteiger charge is 2.21. The van der Waals surface area contributed by atoms with Gasteiger partial charge in [0.05, 0.1) is 6.04 Å². The van der Waals surface area contributed by atoms with Crippen molar-refractivity contribution in [1.29, 1.82) is 0 Å². The highest BCUT2D eigenvalue weighted by atomic mass is 32.1. The molecular formula is C14H24N2OS. The van der Waals surface area contributed by atoms with Crippen molar-refractivity contribution in [1.82, 2.24) is 10.6 Å². The summed E-state index contributed by atoms with van der Waals surface area (Å²) >= 11 is 1.76. The molecule has 1 rings (SSSR count). The summed E-state index contributed by atoms with van der Waals surface area (Å²) in [5, 5.41) is 6.31. The van der Waals surface area contributed by atoms with Crippen molar-refractivity contribution in [2.45, 2.75) is 59.2 Å². The van der Waals surface area contributed by atoms with Crippen molar-refractivity contribution in [3.05, 3.63) is 21.9 Å². The SMILES string of the molecule is CCC(C)(C)NC(=O)C(C)NCc1ccc(C)s1. The second-order valence-corrected chi connectivity index (χ2v) is 6.71. The van der Waals surface area contributed by atoms with Gasteiger partial charge in [0.1, 0.15) is 0 Å². The molecule has 1 heterocycles. The van der Waals surface area contributed by atoms with E-state index in [1.54, 1.807) is 11.3 Å². The van der Waals surface area contributed by atoms with Gasteiger partial charge in [0.25, 0.3) is 0 Å². The van der Waals surface area contributed by atoms with Crippen LogP contribution in [0.15, 0.2) is 12.1 Å². The molecule has 2 N–H and O–H groups in total. The Bertz CT molecular complexity index is 398. The van der Waals surface area contributed by atoms with Crippen LogP contribution in [0.25, 0.3) is 0 Å². The number of carbonyl (C=O) groups excluding carboxylic acids is 1. The summed E-state index contributed by atoms with van der Waals surface area (Å²) in [7, 11) is 0. The quantitative estimate of drug-likeness (QED) is 0.833. The Kier molecular flexibility index (Phi) is 5.35. The van der Waals surface area contributed by atoms with Crippen LogP contribution in [-0.2, 0) is 11.3 Å². The lowest BCUT2D eigenvalue weighted by atomic mass is 10.0. The fraction of sp³-hybridized carbons (Fsp3) is 0.643. The van der Waals surface area contributed by atoms with E-state index in [1.807, 2.05) is 20.8 Å². The third kappa shape index (κ3) is 4.78. The van der Waals surface area contributed by atoms with E-state index in [0.29, 0.717) is 0 Å². The number of thiophene rings is 1. The van der Waals surface area contributed by atoms with Crippen LogP contribution in [0, 0.1) is 6.92 Å². The third-order valence-corrected chi connectivity index (χ3v) is 4.12. The van der Waals surface area contributed by atoms with Crippen LogP contribution in [0.2, 0.25) is 0 Å². The topological polar surface area (TPSA) is 41.1 Å². The maximum atomic E-state index is 12.0. The standard InChI is InChI=1S/C14H24N2OS/c1-6-14(4,5)16-13(17)11(3)15-9-12-8-7-10(2)18-12/h7-8,11,15H,6,9H2,1-5H3,(H,16,17). The zero-order chi connectivity index (χ0) is 13.8. The van der Waals surface area contributed by atoms with Crippen LogP contribution < -0.4 is 10.6 Å². The zero-order valence-corrected chi connectivity index (χ0v) is 12.8. The number of amides is 1. The van der Waals surface area contributed by atoms with Gasteiger partial charge in [0.2, 0.25) is 5.91 Å². The molecule has 0 aromatic carbocycles. The molecule has 1 atom stereocenters. The molecule has 0 bridgehead atoms. The summed E-state index contributed by atoms with van der Waals surface area (Å²) in [6, 6.07) is 4.04. The van der Waals surface area contributed by atoms with E-state index in [9.17, 15) is 4.79 Å². The Labute approximate surface area is 114 Å². The van der Waals surface area contributed by atoms with Gasteiger partial charge in [-0.25, -0.2) is 0 Å². The summed E-state index contributed by atoms with van der Waals surface area (Å²) in [5.74, 6) is 0.0649. The Balaban J connectivity index is 2.41. The fourth-order valence-electron chi connectivity index (χ4n) is 1.46. The first-order chi connectivity index (χ1) is 8.34. The summed E-state index contributed by atoms with van der Waals surface area (Å²) in [5.41, 5.74) is -0.132. The number of rotatable bonds is 6. The highest BCUT2D eigenvalue weighted by molar-refractivity contribution is 7.11. The van der Waals surface area contributed by atoms with Crippen molar-refractivity contribution < 1.29 is 4.79 Å². The van der Waals surface area contributed by atoms with Crippen LogP contribution in [0.4, 0.5) is 0 Å². The molecule has 0 saturated carbocycles. The van der Waals surface area contributed by atoms with E-state index in [1.165, 1.54) is 9.75 Å². The number of hydrogen-bond acceptors (Lipinski definition) is 3. The molecule has 1 unspecified atom stereocenters. The average Bonchev–Trinajstić information content (AvgIpc) is 2.71. The van der Waals surface area contributed by atoms with Crippen LogP contribution >= 0.6 is 11.3 Å². The maximum Gasteiger partial charge on any atom is 0.237 e. The molecule has 0 aliphatic heterocycles. The van der Waals surface area contributed by atoms with Crippen LogP contribution in [-0.4, -0.2) is 17.5 Å². The van der Waals surface area contributed by atoms with Crippen LogP contribution in [0.5, 0.6) is 0 Å². The second-order valence-electron chi connectivity index (χ2n) is 5.34. The molecule has 0 aliphatic rings. The first kappa shape index (κ1) is 15.2. The van der Waals surface area contributed by atoms with Gasteiger partial charge < -0.3 is 10.6 Å². The number of hydrogen-bond donors (Lipinski definition) is 2. The molecule has 4 heteroatoms. The first-order valence-electron chi connectivity index (χ1n) is 6.45. The van der Waals surface area contributed by atoms with E-state index in [4.69, 9.17) is 0 Å². The van der Waals surface area contributed by atoms with E-state index in [2.05, 4.69) is 36.6 Å². The fourth-order valence-corrected chi connectivity index (χ4v) is 2.30. The first-order valence-corrected chi connectivity index (χ1v) is 7.26. The molecule has 0 aliphatic carbocycles. The normalized spacial score (nSPS) is 13.4. The smallest absolute Gasteiger partial charge is 0.237 e. The van der Waals surface area contributed by atoms with Crippen LogP contribution in [0.1, 0.15) is 43.9 Å². The average molecular weight is 268 g/mol. The Morgan fingerprint density at radius 2 is 2.11 bits per heavy atom. The molecule has 0 spiro atoms. The molecule has 1 aromatic rings. The van der Waals surface area contributed by atoms with Gasteiger partial charge in [-0.2, -0.15) is 0 Å². The minimum absolute atomic E-state index is 0.0649. The van der Waals surface area contributed by atoms with Crippen LogP contribution in [0.3, 0.4) is 0 Å². The number of aryl methyl sites for hydroxylation is 1. The maximum absolute atomic E-state index is 12.0. The lowest BCUT2D eigenvalue weighted by molar-refractivity contribution is -0.124. The molecule has 18 heavy (non-hydrogen) atoms. The van der Waals surface area contributed by atoms with Gasteiger partial charge in [-0.05, 0) is 46.2 Å². The van der Waals surface area contributed by atoms with E-state index in [-0.39, 0.29) is 17.5 Å². The summed E-state index contributed by atoms with van der Waals surface area (Å²) in [4.78, 5) is 14.5. The van der Waals surface area contributed by atoms with E-state index < -0.39 is 0 Å². The van der Waals surface area contributed by atoms with Gasteiger partial charge in [0.15, 0.2) is 0 Å². The Morgan fingerprint density at radius 3 is 2.61 bits per heavy atom. The highest BCUT2D eigenvalue weighted by Crippen LogP contribution is 2.14. The lowest BCUT2D eigenvalue weighted by Crippen LogP contribution is -2.50. The van der Waals surface area contributed by atoms with E-state index >= 15 is 0 Å². The molecule has 0 saturated heterocycles.